The molecule has 1 N–H and O–H groups in total. The Morgan fingerprint density at radius 3 is 2.61 bits per heavy atom. The minimum absolute atomic E-state index is 0.387. The van der Waals surface area contributed by atoms with Gasteiger partial charge in [0.2, 0.25) is 0 Å². The number of rotatable bonds is 4. The van der Waals surface area contributed by atoms with Gasteiger partial charge in [-0.2, -0.15) is 5.10 Å². The zero-order chi connectivity index (χ0) is 13.2. The highest BCUT2D eigenvalue weighted by atomic mass is 16.3. The van der Waals surface area contributed by atoms with Gasteiger partial charge in [0.15, 0.2) is 0 Å². The fourth-order valence-corrected chi connectivity index (χ4v) is 2.99. The van der Waals surface area contributed by atoms with Crippen LogP contribution in [0.15, 0.2) is 12.3 Å². The third kappa shape index (κ3) is 3.14. The van der Waals surface area contributed by atoms with Crippen molar-refractivity contribution in [2.45, 2.75) is 70.9 Å². The van der Waals surface area contributed by atoms with Gasteiger partial charge >= 0.3 is 0 Å². The van der Waals surface area contributed by atoms with Crippen LogP contribution in [0.2, 0.25) is 0 Å². The SMILES string of the molecule is CC(C)n1ccc(CC(C)(O)C2CCCCC2)n1. The van der Waals surface area contributed by atoms with Crippen LogP contribution in [0.1, 0.15) is 64.6 Å². The van der Waals surface area contributed by atoms with Gasteiger partial charge in [0, 0.05) is 18.7 Å². The molecule has 0 saturated heterocycles. The van der Waals surface area contributed by atoms with E-state index in [4.69, 9.17) is 0 Å². The smallest absolute Gasteiger partial charge is 0.0703 e. The zero-order valence-corrected chi connectivity index (χ0v) is 11.9. The predicted molar refractivity (Wildman–Crippen MR) is 73.5 cm³/mol. The van der Waals surface area contributed by atoms with Crippen molar-refractivity contribution in [3.63, 3.8) is 0 Å². The average Bonchev–Trinajstić information content (AvgIpc) is 2.78. The van der Waals surface area contributed by atoms with Crippen LogP contribution < -0.4 is 0 Å². The summed E-state index contributed by atoms with van der Waals surface area (Å²) in [5, 5.41) is 15.2. The second-order valence-electron chi connectivity index (χ2n) is 6.25. The van der Waals surface area contributed by atoms with Gasteiger partial charge in [0.25, 0.3) is 0 Å². The summed E-state index contributed by atoms with van der Waals surface area (Å²) in [5.41, 5.74) is 0.413. The highest BCUT2D eigenvalue weighted by Gasteiger charge is 2.33. The lowest BCUT2D eigenvalue weighted by Crippen LogP contribution is -2.38. The maximum absolute atomic E-state index is 10.7. The molecular formula is C15H26N2O. The Hall–Kier alpha value is -0.830. The molecule has 0 aromatic carbocycles. The second-order valence-corrected chi connectivity index (χ2v) is 6.25. The van der Waals surface area contributed by atoms with Crippen LogP contribution in [0.3, 0.4) is 0 Å². The molecule has 102 valence electrons. The van der Waals surface area contributed by atoms with Crippen molar-refractivity contribution in [2.24, 2.45) is 5.92 Å². The molecule has 0 spiro atoms. The lowest BCUT2D eigenvalue weighted by Gasteiger charge is -2.35. The van der Waals surface area contributed by atoms with Gasteiger partial charge in [-0.25, -0.2) is 0 Å². The summed E-state index contributed by atoms with van der Waals surface area (Å²) < 4.78 is 1.96. The van der Waals surface area contributed by atoms with Crippen molar-refractivity contribution in [3.8, 4) is 0 Å². The van der Waals surface area contributed by atoms with Gasteiger partial charge in [-0.1, -0.05) is 19.3 Å². The van der Waals surface area contributed by atoms with Gasteiger partial charge in [0.05, 0.1) is 11.3 Å². The first kappa shape index (κ1) is 13.6. The van der Waals surface area contributed by atoms with E-state index in [2.05, 4.69) is 18.9 Å². The van der Waals surface area contributed by atoms with E-state index in [1.54, 1.807) is 0 Å². The van der Waals surface area contributed by atoms with Gasteiger partial charge in [-0.15, -0.1) is 0 Å². The Labute approximate surface area is 110 Å². The van der Waals surface area contributed by atoms with E-state index in [1.807, 2.05) is 23.9 Å². The van der Waals surface area contributed by atoms with Crippen LogP contribution in [0.4, 0.5) is 0 Å². The first-order valence-corrected chi connectivity index (χ1v) is 7.25. The van der Waals surface area contributed by atoms with Crippen molar-refractivity contribution in [3.05, 3.63) is 18.0 Å². The molecule has 0 aliphatic heterocycles. The van der Waals surface area contributed by atoms with Gasteiger partial charge in [-0.05, 0) is 45.6 Å². The van der Waals surface area contributed by atoms with Crippen molar-refractivity contribution in [1.29, 1.82) is 0 Å². The molecule has 2 rings (SSSR count). The Morgan fingerprint density at radius 2 is 2.06 bits per heavy atom. The van der Waals surface area contributed by atoms with E-state index in [0.717, 1.165) is 18.5 Å². The molecule has 3 nitrogen and oxygen atoms in total. The highest BCUT2D eigenvalue weighted by Crippen LogP contribution is 2.34. The average molecular weight is 250 g/mol. The molecule has 1 unspecified atom stereocenters. The minimum Gasteiger partial charge on any atom is -0.389 e. The van der Waals surface area contributed by atoms with E-state index in [1.165, 1.54) is 19.3 Å². The summed E-state index contributed by atoms with van der Waals surface area (Å²) in [5.74, 6) is 0.440. The summed E-state index contributed by atoms with van der Waals surface area (Å²) in [6.07, 6.45) is 8.88. The molecule has 18 heavy (non-hydrogen) atoms. The van der Waals surface area contributed by atoms with E-state index in [9.17, 15) is 5.11 Å². The van der Waals surface area contributed by atoms with Gasteiger partial charge in [0.1, 0.15) is 0 Å². The maximum Gasteiger partial charge on any atom is 0.0703 e. The molecule has 1 heterocycles. The normalized spacial score (nSPS) is 21.2. The minimum atomic E-state index is -0.601. The van der Waals surface area contributed by atoms with Crippen LogP contribution in [-0.2, 0) is 6.42 Å². The highest BCUT2D eigenvalue weighted by molar-refractivity contribution is 5.05. The molecule has 1 aliphatic rings. The molecule has 1 saturated carbocycles. The number of nitrogens with zero attached hydrogens (tertiary/aromatic N) is 2. The van der Waals surface area contributed by atoms with Crippen LogP contribution in [-0.4, -0.2) is 20.5 Å². The molecule has 0 amide bonds. The Kier molecular flexibility index (Phi) is 4.10. The Balaban J connectivity index is 2.01. The summed E-state index contributed by atoms with van der Waals surface area (Å²) >= 11 is 0. The monoisotopic (exact) mass is 250 g/mol. The third-order valence-corrected chi connectivity index (χ3v) is 4.22. The first-order valence-electron chi connectivity index (χ1n) is 7.25. The van der Waals surface area contributed by atoms with E-state index in [0.29, 0.717) is 18.4 Å². The van der Waals surface area contributed by atoms with Crippen molar-refractivity contribution >= 4 is 0 Å². The molecule has 3 heteroatoms. The van der Waals surface area contributed by atoms with Crippen molar-refractivity contribution < 1.29 is 5.11 Å². The first-order chi connectivity index (χ1) is 8.49. The third-order valence-electron chi connectivity index (χ3n) is 4.22. The molecule has 1 aliphatic carbocycles. The summed E-state index contributed by atoms with van der Waals surface area (Å²) in [6, 6.07) is 2.43. The maximum atomic E-state index is 10.7. The largest absolute Gasteiger partial charge is 0.389 e. The van der Waals surface area contributed by atoms with Crippen LogP contribution in [0, 0.1) is 5.92 Å². The molecule has 1 atom stereocenters. The lowest BCUT2D eigenvalue weighted by atomic mass is 9.76. The Morgan fingerprint density at radius 1 is 1.39 bits per heavy atom. The lowest BCUT2D eigenvalue weighted by molar-refractivity contribution is -0.0168. The number of hydrogen-bond acceptors (Lipinski definition) is 2. The van der Waals surface area contributed by atoms with Crippen molar-refractivity contribution in [1.82, 2.24) is 9.78 Å². The van der Waals surface area contributed by atoms with Gasteiger partial charge < -0.3 is 5.11 Å². The van der Waals surface area contributed by atoms with Crippen LogP contribution >= 0.6 is 0 Å². The molecule has 1 aromatic rings. The topological polar surface area (TPSA) is 38.0 Å². The summed E-state index contributed by atoms with van der Waals surface area (Å²) in [4.78, 5) is 0. The zero-order valence-electron chi connectivity index (χ0n) is 11.9. The van der Waals surface area contributed by atoms with E-state index >= 15 is 0 Å². The number of hydrogen-bond donors (Lipinski definition) is 1. The van der Waals surface area contributed by atoms with Crippen molar-refractivity contribution in [2.75, 3.05) is 0 Å². The molecular weight excluding hydrogens is 224 g/mol. The molecule has 1 aromatic heterocycles. The van der Waals surface area contributed by atoms with E-state index < -0.39 is 5.60 Å². The summed E-state index contributed by atoms with van der Waals surface area (Å²) in [6.45, 7) is 6.23. The fraction of sp³-hybridized carbons (Fsp3) is 0.800. The number of aliphatic hydroxyl groups is 1. The van der Waals surface area contributed by atoms with Crippen LogP contribution in [0.25, 0.3) is 0 Å². The molecule has 0 radical (unpaired) electrons. The van der Waals surface area contributed by atoms with Gasteiger partial charge in [-0.3, -0.25) is 4.68 Å². The standard InChI is InChI=1S/C15H26N2O/c1-12(2)17-10-9-14(16-17)11-15(3,18)13-7-5-4-6-8-13/h9-10,12-13,18H,4-8,11H2,1-3H3. The molecule has 1 fully saturated rings. The summed E-state index contributed by atoms with van der Waals surface area (Å²) in [7, 11) is 0. The van der Waals surface area contributed by atoms with Crippen LogP contribution in [0.5, 0.6) is 0 Å². The number of aromatic nitrogens is 2. The predicted octanol–water partition coefficient (Wildman–Crippen LogP) is 3.34. The fourth-order valence-electron chi connectivity index (χ4n) is 2.99. The van der Waals surface area contributed by atoms with E-state index in [-0.39, 0.29) is 0 Å². The second kappa shape index (κ2) is 5.43. The Bertz CT molecular complexity index is 376. The molecule has 0 bridgehead atoms. The quantitative estimate of drug-likeness (QED) is 0.890.